The number of methoxy groups -OCH3 is 1. The third-order valence-electron chi connectivity index (χ3n) is 2.85. The summed E-state index contributed by atoms with van der Waals surface area (Å²) < 4.78 is 5.13. The van der Waals surface area contributed by atoms with E-state index in [-0.39, 0.29) is 5.88 Å². The Labute approximate surface area is 120 Å². The van der Waals surface area contributed by atoms with Crippen molar-refractivity contribution in [2.24, 2.45) is 0 Å². The molecule has 0 aliphatic heterocycles. The molecule has 0 radical (unpaired) electrons. The number of nitrogens with zero attached hydrogens (tertiary/aromatic N) is 2. The number of hydrogen-bond donors (Lipinski definition) is 1. The molecule has 4 nitrogen and oxygen atoms in total. The number of pyridine rings is 1. The Kier molecular flexibility index (Phi) is 3.35. The van der Waals surface area contributed by atoms with Gasteiger partial charge in [0.05, 0.1) is 17.7 Å². The molecule has 0 unspecified atom stereocenters. The van der Waals surface area contributed by atoms with E-state index in [1.807, 2.05) is 42.5 Å². The lowest BCUT2D eigenvalue weighted by molar-refractivity contribution is 0.415. The average Bonchev–Trinajstić information content (AvgIpc) is 2.90. The first-order valence-corrected chi connectivity index (χ1v) is 6.85. The molecule has 3 aromatic rings. The van der Waals surface area contributed by atoms with E-state index >= 15 is 0 Å². The van der Waals surface area contributed by atoms with Crippen molar-refractivity contribution in [2.75, 3.05) is 7.11 Å². The van der Waals surface area contributed by atoms with Gasteiger partial charge in [0.25, 0.3) is 0 Å². The van der Waals surface area contributed by atoms with Crippen LogP contribution in [0.4, 0.5) is 0 Å². The van der Waals surface area contributed by atoms with Crippen molar-refractivity contribution in [3.8, 4) is 32.8 Å². The Morgan fingerprint density at radius 2 is 1.90 bits per heavy atom. The molecule has 0 fully saturated rings. The molecule has 100 valence electrons. The van der Waals surface area contributed by atoms with Gasteiger partial charge in [0.1, 0.15) is 10.8 Å². The van der Waals surface area contributed by atoms with Gasteiger partial charge in [0.2, 0.25) is 5.88 Å². The lowest BCUT2D eigenvalue weighted by Crippen LogP contribution is -1.81. The van der Waals surface area contributed by atoms with Gasteiger partial charge in [-0.05, 0) is 42.0 Å². The van der Waals surface area contributed by atoms with Crippen molar-refractivity contribution in [1.82, 2.24) is 9.97 Å². The van der Waals surface area contributed by atoms with Crippen molar-refractivity contribution in [2.45, 2.75) is 0 Å². The van der Waals surface area contributed by atoms with Crippen LogP contribution in [-0.2, 0) is 0 Å². The van der Waals surface area contributed by atoms with Crippen LogP contribution in [0.25, 0.3) is 21.1 Å². The van der Waals surface area contributed by atoms with Gasteiger partial charge in [-0.3, -0.25) is 4.98 Å². The van der Waals surface area contributed by atoms with Crippen LogP contribution < -0.4 is 4.74 Å². The van der Waals surface area contributed by atoms with Gasteiger partial charge in [-0.15, -0.1) is 11.3 Å². The topological polar surface area (TPSA) is 55.2 Å². The Balaban J connectivity index is 2.00. The molecule has 0 amide bonds. The van der Waals surface area contributed by atoms with Crippen molar-refractivity contribution in [3.05, 3.63) is 48.7 Å². The fraction of sp³-hybridized carbons (Fsp3) is 0.0667. The fourth-order valence-electron chi connectivity index (χ4n) is 1.84. The van der Waals surface area contributed by atoms with Gasteiger partial charge in [-0.1, -0.05) is 6.07 Å². The van der Waals surface area contributed by atoms with E-state index in [0.29, 0.717) is 5.01 Å². The second-order valence-corrected chi connectivity index (χ2v) is 5.11. The third-order valence-corrected chi connectivity index (χ3v) is 3.96. The average molecular weight is 284 g/mol. The van der Waals surface area contributed by atoms with E-state index < -0.39 is 0 Å². The molecular formula is C15H12N2O2S. The minimum atomic E-state index is 0.0285. The maximum Gasteiger partial charge on any atom is 0.230 e. The predicted molar refractivity (Wildman–Crippen MR) is 79.0 cm³/mol. The number of benzene rings is 1. The molecule has 2 aromatic heterocycles. The minimum Gasteiger partial charge on any atom is -0.497 e. The highest BCUT2D eigenvalue weighted by molar-refractivity contribution is 7.18. The second kappa shape index (κ2) is 5.30. The molecule has 5 heteroatoms. The highest BCUT2D eigenvalue weighted by atomic mass is 32.1. The monoisotopic (exact) mass is 284 g/mol. The van der Waals surface area contributed by atoms with Crippen LogP contribution in [0.3, 0.4) is 0 Å². The number of ether oxygens (including phenoxy) is 1. The Bertz CT molecular complexity index is 708. The predicted octanol–water partition coefficient (Wildman–Crippen LogP) is 3.59. The quantitative estimate of drug-likeness (QED) is 0.798. The summed E-state index contributed by atoms with van der Waals surface area (Å²) >= 11 is 1.41. The first-order valence-electron chi connectivity index (χ1n) is 6.03. The molecule has 0 aliphatic rings. The normalized spacial score (nSPS) is 10.4. The zero-order valence-corrected chi connectivity index (χ0v) is 11.6. The lowest BCUT2D eigenvalue weighted by Gasteiger charge is -2.01. The van der Waals surface area contributed by atoms with Crippen LogP contribution in [0.15, 0.2) is 48.7 Å². The van der Waals surface area contributed by atoms with Gasteiger partial charge in [-0.2, -0.15) is 4.98 Å². The first kappa shape index (κ1) is 12.6. The van der Waals surface area contributed by atoms with E-state index in [4.69, 9.17) is 4.74 Å². The molecule has 1 N–H and O–H groups in total. The summed E-state index contributed by atoms with van der Waals surface area (Å²) in [6.45, 7) is 0. The van der Waals surface area contributed by atoms with E-state index in [1.165, 1.54) is 11.3 Å². The van der Waals surface area contributed by atoms with Crippen molar-refractivity contribution in [3.63, 3.8) is 0 Å². The summed E-state index contributed by atoms with van der Waals surface area (Å²) in [6, 6.07) is 13.1. The molecule has 0 spiro atoms. The van der Waals surface area contributed by atoms with Gasteiger partial charge in [0.15, 0.2) is 0 Å². The summed E-state index contributed by atoms with van der Waals surface area (Å²) in [6.07, 6.45) is 1.71. The smallest absolute Gasteiger partial charge is 0.230 e. The SMILES string of the molecule is COc1ccc(-c2sc(-c3ccccn3)nc2O)cc1. The van der Waals surface area contributed by atoms with Crippen LogP contribution in [-0.4, -0.2) is 22.2 Å². The number of thiazole rings is 1. The molecule has 0 saturated heterocycles. The van der Waals surface area contributed by atoms with Crippen LogP contribution in [0, 0.1) is 0 Å². The first-order chi connectivity index (χ1) is 9.78. The summed E-state index contributed by atoms with van der Waals surface area (Å²) in [5, 5.41) is 10.7. The molecule has 0 bridgehead atoms. The van der Waals surface area contributed by atoms with Crippen LogP contribution in [0.1, 0.15) is 0 Å². The number of aromatic hydroxyl groups is 1. The summed E-state index contributed by atoms with van der Waals surface area (Å²) in [7, 11) is 1.62. The van der Waals surface area contributed by atoms with E-state index in [2.05, 4.69) is 9.97 Å². The maximum absolute atomic E-state index is 10.0. The number of rotatable bonds is 3. The van der Waals surface area contributed by atoms with E-state index in [0.717, 1.165) is 21.9 Å². The van der Waals surface area contributed by atoms with Crippen molar-refractivity contribution in [1.29, 1.82) is 0 Å². The van der Waals surface area contributed by atoms with Crippen LogP contribution in [0.5, 0.6) is 11.6 Å². The molecule has 3 rings (SSSR count). The van der Waals surface area contributed by atoms with E-state index in [9.17, 15) is 5.11 Å². The molecule has 0 saturated carbocycles. The Morgan fingerprint density at radius 3 is 2.55 bits per heavy atom. The van der Waals surface area contributed by atoms with Gasteiger partial charge < -0.3 is 9.84 Å². The number of aromatic nitrogens is 2. The van der Waals surface area contributed by atoms with Gasteiger partial charge in [0, 0.05) is 6.20 Å². The molecule has 0 aliphatic carbocycles. The second-order valence-electron chi connectivity index (χ2n) is 4.12. The summed E-state index contributed by atoms with van der Waals surface area (Å²) in [5.41, 5.74) is 1.66. The highest BCUT2D eigenvalue weighted by Gasteiger charge is 2.14. The largest absolute Gasteiger partial charge is 0.497 e. The standard InChI is InChI=1S/C15H12N2O2S/c1-19-11-7-5-10(6-8-11)13-14(18)17-15(20-13)12-4-2-3-9-16-12/h2-9,18H,1H3. The molecule has 2 heterocycles. The minimum absolute atomic E-state index is 0.0285. The summed E-state index contributed by atoms with van der Waals surface area (Å²) in [4.78, 5) is 9.15. The van der Waals surface area contributed by atoms with Gasteiger partial charge >= 0.3 is 0 Å². The zero-order chi connectivity index (χ0) is 13.9. The Morgan fingerprint density at radius 1 is 1.10 bits per heavy atom. The molecular weight excluding hydrogens is 272 g/mol. The zero-order valence-electron chi connectivity index (χ0n) is 10.8. The lowest BCUT2D eigenvalue weighted by atomic mass is 10.2. The fourth-order valence-corrected chi connectivity index (χ4v) is 2.78. The van der Waals surface area contributed by atoms with E-state index in [1.54, 1.807) is 13.3 Å². The number of hydrogen-bond acceptors (Lipinski definition) is 5. The molecule has 20 heavy (non-hydrogen) atoms. The van der Waals surface area contributed by atoms with Crippen LogP contribution in [0.2, 0.25) is 0 Å². The van der Waals surface area contributed by atoms with Gasteiger partial charge in [-0.25, -0.2) is 0 Å². The third kappa shape index (κ3) is 2.35. The summed E-state index contributed by atoms with van der Waals surface area (Å²) in [5.74, 6) is 0.809. The maximum atomic E-state index is 10.0. The molecule has 1 aromatic carbocycles. The van der Waals surface area contributed by atoms with Crippen molar-refractivity contribution < 1.29 is 9.84 Å². The van der Waals surface area contributed by atoms with Crippen molar-refractivity contribution >= 4 is 11.3 Å². The highest BCUT2D eigenvalue weighted by Crippen LogP contribution is 2.38. The Hall–Kier alpha value is -2.40. The van der Waals surface area contributed by atoms with Crippen LogP contribution >= 0.6 is 11.3 Å². The molecule has 0 atom stereocenters.